The molecule has 140 valence electrons. The van der Waals surface area contributed by atoms with Gasteiger partial charge in [0.2, 0.25) is 21.8 Å². The Morgan fingerprint density at radius 2 is 2.08 bits per heavy atom. The number of methoxy groups -OCH3 is 1. The van der Waals surface area contributed by atoms with Gasteiger partial charge < -0.3 is 15.8 Å². The van der Waals surface area contributed by atoms with E-state index in [0.717, 1.165) is 4.31 Å². The van der Waals surface area contributed by atoms with Crippen molar-refractivity contribution < 1.29 is 22.7 Å². The Balaban J connectivity index is 2.18. The van der Waals surface area contributed by atoms with Crippen LogP contribution in [0.4, 0.5) is 0 Å². The van der Waals surface area contributed by atoms with Crippen molar-refractivity contribution in [3.8, 4) is 11.8 Å². The fraction of sp³-hybridized carbons (Fsp3) is 0.438. The van der Waals surface area contributed by atoms with E-state index >= 15 is 0 Å². The minimum Gasteiger partial charge on any atom is -0.497 e. The molecule has 1 fully saturated rings. The van der Waals surface area contributed by atoms with Crippen molar-refractivity contribution in [1.29, 1.82) is 5.26 Å². The van der Waals surface area contributed by atoms with Crippen molar-refractivity contribution in [1.82, 2.24) is 9.62 Å². The van der Waals surface area contributed by atoms with Crippen LogP contribution in [0.25, 0.3) is 0 Å². The number of sulfonamides is 1. The number of ether oxygens (including phenoxy) is 1. The molecule has 1 aliphatic heterocycles. The van der Waals surface area contributed by atoms with E-state index in [4.69, 9.17) is 15.7 Å². The summed E-state index contributed by atoms with van der Waals surface area (Å²) in [5, 5.41) is 11.4. The number of nitrogens with one attached hydrogen (secondary N) is 1. The summed E-state index contributed by atoms with van der Waals surface area (Å²) < 4.78 is 31.8. The largest absolute Gasteiger partial charge is 0.497 e. The molecule has 2 amide bonds. The highest BCUT2D eigenvalue weighted by Gasteiger charge is 2.40. The third kappa shape index (κ3) is 4.30. The fourth-order valence-corrected chi connectivity index (χ4v) is 4.43. The number of rotatable bonds is 7. The molecule has 0 bridgehead atoms. The molecular weight excluding hydrogens is 360 g/mol. The average Bonchev–Trinajstić information content (AvgIpc) is 3.11. The highest BCUT2D eigenvalue weighted by Crippen LogP contribution is 2.27. The Hall–Kier alpha value is -2.64. The maximum atomic E-state index is 12.8. The highest BCUT2D eigenvalue weighted by molar-refractivity contribution is 7.89. The van der Waals surface area contributed by atoms with Gasteiger partial charge in [-0.1, -0.05) is 0 Å². The van der Waals surface area contributed by atoms with Crippen LogP contribution in [0.5, 0.6) is 5.75 Å². The zero-order valence-corrected chi connectivity index (χ0v) is 15.0. The van der Waals surface area contributed by atoms with Crippen LogP contribution in [0.3, 0.4) is 0 Å². The lowest BCUT2D eigenvalue weighted by atomic mass is 10.1. The molecule has 1 heterocycles. The Kier molecular flexibility index (Phi) is 6.18. The Morgan fingerprint density at radius 1 is 1.42 bits per heavy atom. The second-order valence-corrected chi connectivity index (χ2v) is 7.70. The van der Waals surface area contributed by atoms with Gasteiger partial charge in [0, 0.05) is 6.54 Å². The molecule has 1 aromatic carbocycles. The van der Waals surface area contributed by atoms with Gasteiger partial charge in [-0.25, -0.2) is 8.42 Å². The number of nitrogens with two attached hydrogens (primary N) is 1. The minimum atomic E-state index is -3.88. The first-order chi connectivity index (χ1) is 12.3. The van der Waals surface area contributed by atoms with Crippen LogP contribution in [0.1, 0.15) is 19.3 Å². The molecule has 0 spiro atoms. The van der Waals surface area contributed by atoms with Crippen LogP contribution >= 0.6 is 0 Å². The standard InChI is InChI=1S/C16H20N4O5S/c1-25-12-4-6-13(7-5-12)26(23,24)20-8-2-3-14(20)16(22)19-11(10-17)9-15(18)21/h4-7,11,14H,2-3,8-9H2,1H3,(H2,18,21)(H,19,22)/t11-,14-/m0/s1. The van der Waals surface area contributed by atoms with Gasteiger partial charge in [0.25, 0.3) is 0 Å². The Labute approximate surface area is 151 Å². The van der Waals surface area contributed by atoms with E-state index in [1.54, 1.807) is 6.07 Å². The SMILES string of the molecule is COc1ccc(S(=O)(=O)N2CCC[C@H]2C(=O)N[C@H](C#N)CC(N)=O)cc1. The van der Waals surface area contributed by atoms with E-state index in [9.17, 15) is 18.0 Å². The summed E-state index contributed by atoms with van der Waals surface area (Å²) in [6.45, 7) is 0.194. The number of nitrogens with zero attached hydrogens (tertiary/aromatic N) is 2. The lowest BCUT2D eigenvalue weighted by molar-refractivity contribution is -0.125. The topological polar surface area (TPSA) is 143 Å². The van der Waals surface area contributed by atoms with E-state index in [-0.39, 0.29) is 17.9 Å². The van der Waals surface area contributed by atoms with E-state index in [0.29, 0.717) is 18.6 Å². The van der Waals surface area contributed by atoms with E-state index in [1.165, 1.54) is 31.4 Å². The van der Waals surface area contributed by atoms with Gasteiger partial charge in [0.05, 0.1) is 24.5 Å². The van der Waals surface area contributed by atoms with Crippen LogP contribution in [-0.2, 0) is 19.6 Å². The first kappa shape index (κ1) is 19.7. The lowest BCUT2D eigenvalue weighted by Crippen LogP contribution is -2.49. The zero-order chi connectivity index (χ0) is 19.3. The van der Waals surface area contributed by atoms with E-state index in [1.807, 2.05) is 0 Å². The fourth-order valence-electron chi connectivity index (χ4n) is 2.77. The summed E-state index contributed by atoms with van der Waals surface area (Å²) in [5.41, 5.74) is 5.04. The van der Waals surface area contributed by atoms with Crippen LogP contribution < -0.4 is 15.8 Å². The van der Waals surface area contributed by atoms with Crippen molar-refractivity contribution in [2.24, 2.45) is 5.73 Å². The predicted molar refractivity (Wildman–Crippen MR) is 91.3 cm³/mol. The summed E-state index contributed by atoms with van der Waals surface area (Å²) in [4.78, 5) is 23.4. The number of primary amides is 1. The van der Waals surface area contributed by atoms with Gasteiger partial charge in [0.1, 0.15) is 17.8 Å². The normalized spacial score (nSPS) is 18.7. The molecule has 9 nitrogen and oxygen atoms in total. The molecule has 1 aliphatic rings. The molecule has 26 heavy (non-hydrogen) atoms. The molecular formula is C16H20N4O5S. The number of hydrogen-bond donors (Lipinski definition) is 2. The van der Waals surface area contributed by atoms with Gasteiger partial charge in [-0.15, -0.1) is 0 Å². The van der Waals surface area contributed by atoms with Crippen LogP contribution in [0.15, 0.2) is 29.2 Å². The number of carbonyl (C=O) groups is 2. The monoisotopic (exact) mass is 380 g/mol. The van der Waals surface area contributed by atoms with Crippen molar-refractivity contribution in [3.05, 3.63) is 24.3 Å². The zero-order valence-electron chi connectivity index (χ0n) is 14.2. The Bertz CT molecular complexity index is 816. The quantitative estimate of drug-likeness (QED) is 0.667. The van der Waals surface area contributed by atoms with Gasteiger partial charge in [-0.2, -0.15) is 9.57 Å². The average molecular weight is 380 g/mol. The third-order valence-electron chi connectivity index (χ3n) is 4.05. The molecule has 1 saturated heterocycles. The number of carbonyl (C=O) groups excluding carboxylic acids is 2. The van der Waals surface area contributed by atoms with E-state index in [2.05, 4.69) is 5.32 Å². The number of amides is 2. The number of benzene rings is 1. The third-order valence-corrected chi connectivity index (χ3v) is 5.97. The Morgan fingerprint density at radius 3 is 2.62 bits per heavy atom. The summed E-state index contributed by atoms with van der Waals surface area (Å²) >= 11 is 0. The molecule has 0 saturated carbocycles. The van der Waals surface area contributed by atoms with Gasteiger partial charge in [-0.3, -0.25) is 9.59 Å². The summed E-state index contributed by atoms with van der Waals surface area (Å²) in [6.07, 6.45) is 0.511. The summed E-state index contributed by atoms with van der Waals surface area (Å²) in [5.74, 6) is -0.832. The molecule has 3 N–H and O–H groups in total. The molecule has 0 aliphatic carbocycles. The van der Waals surface area contributed by atoms with Crippen molar-refractivity contribution in [2.45, 2.75) is 36.2 Å². The number of nitriles is 1. The highest BCUT2D eigenvalue weighted by atomic mass is 32.2. The van der Waals surface area contributed by atoms with Crippen LogP contribution in [0, 0.1) is 11.3 Å². The molecule has 0 aromatic heterocycles. The van der Waals surface area contributed by atoms with E-state index < -0.39 is 33.9 Å². The molecule has 0 radical (unpaired) electrons. The van der Waals surface area contributed by atoms with Crippen molar-refractivity contribution >= 4 is 21.8 Å². The lowest BCUT2D eigenvalue weighted by Gasteiger charge is -2.24. The molecule has 0 unspecified atom stereocenters. The smallest absolute Gasteiger partial charge is 0.243 e. The summed E-state index contributed by atoms with van der Waals surface area (Å²) in [6, 6.07) is 5.61. The second kappa shape index (κ2) is 8.16. The van der Waals surface area contributed by atoms with Crippen molar-refractivity contribution in [2.75, 3.05) is 13.7 Å². The first-order valence-electron chi connectivity index (χ1n) is 7.93. The van der Waals surface area contributed by atoms with Crippen molar-refractivity contribution in [3.63, 3.8) is 0 Å². The van der Waals surface area contributed by atoms with Gasteiger partial charge >= 0.3 is 0 Å². The maximum Gasteiger partial charge on any atom is 0.243 e. The second-order valence-electron chi connectivity index (χ2n) is 5.81. The molecule has 2 rings (SSSR count). The minimum absolute atomic E-state index is 0.0481. The number of hydrogen-bond acceptors (Lipinski definition) is 6. The first-order valence-corrected chi connectivity index (χ1v) is 9.37. The molecule has 10 heteroatoms. The molecule has 1 aromatic rings. The molecule has 2 atom stereocenters. The van der Waals surface area contributed by atoms with Crippen LogP contribution in [0.2, 0.25) is 0 Å². The summed E-state index contributed by atoms with van der Waals surface area (Å²) in [7, 11) is -2.41. The maximum absolute atomic E-state index is 12.8. The predicted octanol–water partition coefficient (Wildman–Crippen LogP) is -0.268. The van der Waals surface area contributed by atoms with Gasteiger partial charge in [-0.05, 0) is 37.1 Å². The van der Waals surface area contributed by atoms with Crippen LogP contribution in [-0.4, -0.2) is 50.3 Å². The van der Waals surface area contributed by atoms with Gasteiger partial charge in [0.15, 0.2) is 0 Å².